The molecule has 0 aliphatic rings. The topological polar surface area (TPSA) is 46.0 Å². The molecule has 1 aromatic heterocycles. The second kappa shape index (κ2) is 4.31. The maximum Gasteiger partial charge on any atom is 0.143 e. The Morgan fingerprint density at radius 2 is 2.12 bits per heavy atom. The first-order valence-corrected chi connectivity index (χ1v) is 5.35. The summed E-state index contributed by atoms with van der Waals surface area (Å²) in [5.74, 6) is 0.180. The van der Waals surface area contributed by atoms with Crippen molar-refractivity contribution in [1.29, 1.82) is 0 Å². The number of phenols is 1. The number of allylic oxidation sites excluding steroid dienone is 1. The minimum absolute atomic E-state index is 0.180. The standard InChI is InChI=1S/C13H14N2O/c1-3-4-6-10-9(2)14-13-11(15-10)7-5-8-12(13)16/h4-8,16H,3H2,1-2H3/b6-4+. The summed E-state index contributed by atoms with van der Waals surface area (Å²) in [6, 6.07) is 5.25. The molecule has 1 aromatic carbocycles. The van der Waals surface area contributed by atoms with Crippen molar-refractivity contribution in [3.05, 3.63) is 35.7 Å². The number of nitrogens with zero attached hydrogens (tertiary/aromatic N) is 2. The van der Waals surface area contributed by atoms with Gasteiger partial charge in [0.15, 0.2) is 0 Å². The van der Waals surface area contributed by atoms with Gasteiger partial charge in [-0.2, -0.15) is 0 Å². The average molecular weight is 214 g/mol. The molecule has 3 heteroatoms. The van der Waals surface area contributed by atoms with E-state index in [4.69, 9.17) is 0 Å². The molecular weight excluding hydrogens is 200 g/mol. The number of aromatic nitrogens is 2. The lowest BCUT2D eigenvalue weighted by Gasteiger charge is -2.03. The van der Waals surface area contributed by atoms with Crippen LogP contribution in [0.1, 0.15) is 24.7 Å². The number of rotatable bonds is 2. The third kappa shape index (κ3) is 1.89. The highest BCUT2D eigenvalue weighted by Gasteiger charge is 2.05. The zero-order chi connectivity index (χ0) is 11.5. The molecule has 0 atom stereocenters. The average Bonchev–Trinajstić information content (AvgIpc) is 2.28. The van der Waals surface area contributed by atoms with Crippen LogP contribution in [-0.4, -0.2) is 15.1 Å². The zero-order valence-electron chi connectivity index (χ0n) is 9.44. The number of para-hydroxylation sites is 1. The molecule has 2 rings (SSSR count). The lowest BCUT2D eigenvalue weighted by atomic mass is 10.2. The van der Waals surface area contributed by atoms with Crippen LogP contribution in [0.15, 0.2) is 24.3 Å². The van der Waals surface area contributed by atoms with Gasteiger partial charge >= 0.3 is 0 Å². The molecule has 3 nitrogen and oxygen atoms in total. The molecule has 16 heavy (non-hydrogen) atoms. The van der Waals surface area contributed by atoms with E-state index in [-0.39, 0.29) is 5.75 Å². The minimum Gasteiger partial charge on any atom is -0.506 e. The van der Waals surface area contributed by atoms with Gasteiger partial charge < -0.3 is 5.11 Å². The van der Waals surface area contributed by atoms with Crippen molar-refractivity contribution in [2.75, 3.05) is 0 Å². The van der Waals surface area contributed by atoms with E-state index in [0.717, 1.165) is 23.3 Å². The van der Waals surface area contributed by atoms with Gasteiger partial charge in [-0.05, 0) is 31.6 Å². The Morgan fingerprint density at radius 3 is 2.88 bits per heavy atom. The normalized spacial score (nSPS) is 11.4. The zero-order valence-corrected chi connectivity index (χ0v) is 9.44. The molecule has 1 N–H and O–H groups in total. The summed E-state index contributed by atoms with van der Waals surface area (Å²) in [7, 11) is 0. The van der Waals surface area contributed by atoms with Crippen LogP contribution >= 0.6 is 0 Å². The molecule has 82 valence electrons. The molecule has 1 heterocycles. The Morgan fingerprint density at radius 1 is 1.31 bits per heavy atom. The maximum atomic E-state index is 9.64. The fourth-order valence-electron chi connectivity index (χ4n) is 1.55. The Bertz CT molecular complexity index is 547. The van der Waals surface area contributed by atoms with E-state index in [1.165, 1.54) is 0 Å². The molecule has 0 bridgehead atoms. The van der Waals surface area contributed by atoms with Gasteiger partial charge in [-0.25, -0.2) is 9.97 Å². The summed E-state index contributed by atoms with van der Waals surface area (Å²) in [6.45, 7) is 3.97. The summed E-state index contributed by atoms with van der Waals surface area (Å²) in [6.07, 6.45) is 4.98. The van der Waals surface area contributed by atoms with Crippen LogP contribution in [-0.2, 0) is 0 Å². The van der Waals surface area contributed by atoms with Crippen molar-refractivity contribution >= 4 is 17.1 Å². The second-order valence-corrected chi connectivity index (χ2v) is 3.65. The van der Waals surface area contributed by atoms with Gasteiger partial charge in [0.1, 0.15) is 11.3 Å². The highest BCUT2D eigenvalue weighted by Crippen LogP contribution is 2.22. The van der Waals surface area contributed by atoms with Gasteiger partial charge in [0.05, 0.1) is 16.9 Å². The van der Waals surface area contributed by atoms with Gasteiger partial charge in [-0.1, -0.05) is 19.1 Å². The molecular formula is C13H14N2O. The Kier molecular flexibility index (Phi) is 2.86. The second-order valence-electron chi connectivity index (χ2n) is 3.65. The largest absolute Gasteiger partial charge is 0.506 e. The van der Waals surface area contributed by atoms with Crippen LogP contribution in [0.2, 0.25) is 0 Å². The summed E-state index contributed by atoms with van der Waals surface area (Å²) in [5.41, 5.74) is 2.98. The van der Waals surface area contributed by atoms with Crippen LogP contribution in [0.5, 0.6) is 5.75 Å². The van der Waals surface area contributed by atoms with Crippen LogP contribution < -0.4 is 0 Å². The van der Waals surface area contributed by atoms with E-state index < -0.39 is 0 Å². The Balaban J connectivity index is 2.63. The van der Waals surface area contributed by atoms with E-state index in [0.29, 0.717) is 5.52 Å². The summed E-state index contributed by atoms with van der Waals surface area (Å²) < 4.78 is 0. The number of aromatic hydroxyl groups is 1. The van der Waals surface area contributed by atoms with E-state index in [2.05, 4.69) is 16.9 Å². The third-order valence-electron chi connectivity index (χ3n) is 2.40. The highest BCUT2D eigenvalue weighted by molar-refractivity contribution is 5.81. The van der Waals surface area contributed by atoms with Gasteiger partial charge in [0.25, 0.3) is 0 Å². The van der Waals surface area contributed by atoms with Gasteiger partial charge in [0, 0.05) is 0 Å². The number of hydrogen-bond acceptors (Lipinski definition) is 3. The molecule has 0 saturated heterocycles. The predicted octanol–water partition coefficient (Wildman–Crippen LogP) is 3.07. The molecule has 0 aliphatic carbocycles. The molecule has 2 aromatic rings. The van der Waals surface area contributed by atoms with Gasteiger partial charge in [0.2, 0.25) is 0 Å². The lowest BCUT2D eigenvalue weighted by Crippen LogP contribution is -1.93. The van der Waals surface area contributed by atoms with Crippen molar-refractivity contribution in [1.82, 2.24) is 9.97 Å². The van der Waals surface area contributed by atoms with E-state index in [1.807, 2.05) is 25.1 Å². The van der Waals surface area contributed by atoms with Crippen LogP contribution in [0.25, 0.3) is 17.1 Å². The Hall–Kier alpha value is -1.90. The van der Waals surface area contributed by atoms with Crippen molar-refractivity contribution in [3.63, 3.8) is 0 Å². The summed E-state index contributed by atoms with van der Waals surface area (Å²) in [4.78, 5) is 8.83. The number of hydrogen-bond donors (Lipinski definition) is 1. The smallest absolute Gasteiger partial charge is 0.143 e. The van der Waals surface area contributed by atoms with E-state index in [9.17, 15) is 5.11 Å². The maximum absolute atomic E-state index is 9.64. The van der Waals surface area contributed by atoms with Crippen molar-refractivity contribution in [2.45, 2.75) is 20.3 Å². The SMILES string of the molecule is CC/C=C/c1nc2cccc(O)c2nc1C. The van der Waals surface area contributed by atoms with Crippen molar-refractivity contribution in [3.8, 4) is 5.75 Å². The third-order valence-corrected chi connectivity index (χ3v) is 2.40. The summed E-state index contributed by atoms with van der Waals surface area (Å²) in [5, 5.41) is 9.64. The number of phenolic OH excluding ortho intramolecular Hbond substituents is 1. The quantitative estimate of drug-likeness (QED) is 0.835. The summed E-state index contributed by atoms with van der Waals surface area (Å²) >= 11 is 0. The van der Waals surface area contributed by atoms with Crippen LogP contribution in [0.4, 0.5) is 0 Å². The predicted molar refractivity (Wildman–Crippen MR) is 65.3 cm³/mol. The molecule has 0 spiro atoms. The van der Waals surface area contributed by atoms with Crippen molar-refractivity contribution < 1.29 is 5.11 Å². The minimum atomic E-state index is 0.180. The van der Waals surface area contributed by atoms with E-state index >= 15 is 0 Å². The van der Waals surface area contributed by atoms with E-state index in [1.54, 1.807) is 12.1 Å². The molecule has 0 amide bonds. The lowest BCUT2D eigenvalue weighted by molar-refractivity contribution is 0.480. The molecule has 0 unspecified atom stereocenters. The first-order chi connectivity index (χ1) is 7.72. The fraction of sp³-hybridized carbons (Fsp3) is 0.231. The van der Waals surface area contributed by atoms with Crippen LogP contribution in [0.3, 0.4) is 0 Å². The van der Waals surface area contributed by atoms with Gasteiger partial charge in [-0.15, -0.1) is 0 Å². The molecule has 0 aliphatic heterocycles. The first-order valence-electron chi connectivity index (χ1n) is 5.35. The number of benzene rings is 1. The van der Waals surface area contributed by atoms with Crippen molar-refractivity contribution in [2.24, 2.45) is 0 Å². The molecule has 0 radical (unpaired) electrons. The monoisotopic (exact) mass is 214 g/mol. The molecule has 0 fully saturated rings. The first kappa shape index (κ1) is 10.6. The number of fused-ring (bicyclic) bond motifs is 1. The number of aryl methyl sites for hydroxylation is 1. The highest BCUT2D eigenvalue weighted by atomic mass is 16.3. The van der Waals surface area contributed by atoms with Crippen LogP contribution in [0, 0.1) is 6.92 Å². The van der Waals surface area contributed by atoms with Gasteiger partial charge in [-0.3, -0.25) is 0 Å². The Labute approximate surface area is 94.5 Å². The molecule has 0 saturated carbocycles. The fourth-order valence-corrected chi connectivity index (χ4v) is 1.55.